The molecule has 0 atom stereocenters. The van der Waals surface area contributed by atoms with Crippen molar-refractivity contribution < 1.29 is 10.6 Å². The van der Waals surface area contributed by atoms with Crippen LogP contribution in [0.4, 0.5) is 0 Å². The Morgan fingerprint density at radius 1 is 0.882 bits per heavy atom. The Labute approximate surface area is 102 Å². The number of rotatable bonds is 2. The smallest absolute Gasteiger partial charge is 0.115 e. The molecule has 0 bridgehead atoms. The van der Waals surface area contributed by atoms with E-state index in [0.29, 0.717) is 5.75 Å². The van der Waals surface area contributed by atoms with E-state index in [-0.39, 0.29) is 5.48 Å². The molecule has 0 amide bonds. The Morgan fingerprint density at radius 3 is 1.71 bits per heavy atom. The summed E-state index contributed by atoms with van der Waals surface area (Å²) in [6.45, 7) is 3.66. The molecule has 0 aliphatic carbocycles. The molecule has 2 aromatic rings. The molecule has 2 nitrogen and oxygen atoms in total. The molecule has 2 aromatic carbocycles. The maximum atomic E-state index is 8.63. The van der Waals surface area contributed by atoms with Crippen molar-refractivity contribution in [2.75, 3.05) is 0 Å². The Hall–Kier alpha value is -2.06. The van der Waals surface area contributed by atoms with E-state index in [9.17, 15) is 0 Å². The first-order chi connectivity index (χ1) is 7.83. The van der Waals surface area contributed by atoms with Crippen molar-refractivity contribution in [3.05, 3.63) is 78.9 Å². The molecular weight excluding hydrogens is 212 g/mol. The first-order valence-corrected chi connectivity index (χ1v) is 5.22. The lowest BCUT2D eigenvalue weighted by Crippen LogP contribution is -1.75. The number of benzene rings is 2. The van der Waals surface area contributed by atoms with Crippen molar-refractivity contribution in [3.8, 4) is 5.75 Å². The van der Waals surface area contributed by atoms with E-state index >= 15 is 0 Å². The molecule has 0 aromatic heterocycles. The minimum absolute atomic E-state index is 0. The molecule has 17 heavy (non-hydrogen) atoms. The van der Waals surface area contributed by atoms with Gasteiger partial charge in [0.25, 0.3) is 0 Å². The minimum Gasteiger partial charge on any atom is -0.508 e. The molecule has 0 unspecified atom stereocenters. The highest BCUT2D eigenvalue weighted by molar-refractivity contribution is 5.18. The van der Waals surface area contributed by atoms with Gasteiger partial charge in [0.2, 0.25) is 0 Å². The molecule has 0 fully saturated rings. The second-order valence-electron chi connectivity index (χ2n) is 3.31. The highest BCUT2D eigenvalue weighted by Gasteiger charge is 1.82. The van der Waals surface area contributed by atoms with E-state index in [1.807, 2.05) is 30.3 Å². The molecule has 2 rings (SSSR count). The van der Waals surface area contributed by atoms with E-state index < -0.39 is 0 Å². The van der Waals surface area contributed by atoms with Crippen LogP contribution in [0.2, 0.25) is 0 Å². The zero-order chi connectivity index (χ0) is 11.6. The van der Waals surface area contributed by atoms with Gasteiger partial charge in [-0.1, -0.05) is 54.6 Å². The molecular formula is C15H18O2. The largest absolute Gasteiger partial charge is 0.508 e. The topological polar surface area (TPSA) is 51.7 Å². The van der Waals surface area contributed by atoms with Crippen LogP contribution >= 0.6 is 0 Å². The summed E-state index contributed by atoms with van der Waals surface area (Å²) >= 11 is 0. The fraction of sp³-hybridized carbons (Fsp3) is 0.0667. The number of phenols is 1. The number of phenolic OH excluding ortho intramolecular Hbond substituents is 1. The van der Waals surface area contributed by atoms with Crippen molar-refractivity contribution in [1.82, 2.24) is 0 Å². The van der Waals surface area contributed by atoms with Crippen LogP contribution in [0.25, 0.3) is 0 Å². The predicted octanol–water partition coefficient (Wildman–Crippen LogP) is 2.98. The van der Waals surface area contributed by atoms with Crippen molar-refractivity contribution in [1.29, 1.82) is 0 Å². The van der Waals surface area contributed by atoms with Crippen molar-refractivity contribution in [2.45, 2.75) is 6.42 Å². The summed E-state index contributed by atoms with van der Waals surface area (Å²) in [5.74, 6) is 0.322. The van der Waals surface area contributed by atoms with Gasteiger partial charge in [-0.2, -0.15) is 0 Å². The summed E-state index contributed by atoms with van der Waals surface area (Å²) in [6, 6.07) is 19.0. The van der Waals surface area contributed by atoms with Gasteiger partial charge in [0.1, 0.15) is 5.75 Å². The molecule has 0 radical (unpaired) electrons. The summed E-state index contributed by atoms with van der Waals surface area (Å²) in [7, 11) is 0. The standard InChI is InChI=1S/C9H10.C6H6O.H2O/c1-2-6-9-7-4-3-5-8-9;7-6-4-2-1-3-5-6;/h2-5,7-8H,1,6H2;1-5,7H;1H2. The van der Waals surface area contributed by atoms with Gasteiger partial charge in [-0.05, 0) is 24.1 Å². The molecule has 2 heteroatoms. The van der Waals surface area contributed by atoms with Gasteiger partial charge in [-0.15, -0.1) is 6.58 Å². The molecule has 0 heterocycles. The Morgan fingerprint density at radius 2 is 1.35 bits per heavy atom. The normalized spacial score (nSPS) is 8.24. The second-order valence-corrected chi connectivity index (χ2v) is 3.31. The molecule has 0 aliphatic rings. The van der Waals surface area contributed by atoms with Crippen LogP contribution in [-0.4, -0.2) is 10.6 Å². The summed E-state index contributed by atoms with van der Waals surface area (Å²) in [6.07, 6.45) is 2.89. The predicted molar refractivity (Wildman–Crippen MR) is 72.1 cm³/mol. The van der Waals surface area contributed by atoms with Crippen LogP contribution in [0.3, 0.4) is 0 Å². The fourth-order valence-electron chi connectivity index (χ4n) is 1.21. The van der Waals surface area contributed by atoms with Crippen LogP contribution in [0.5, 0.6) is 5.75 Å². The fourth-order valence-corrected chi connectivity index (χ4v) is 1.21. The summed E-state index contributed by atoms with van der Waals surface area (Å²) in [4.78, 5) is 0. The lowest BCUT2D eigenvalue weighted by molar-refractivity contribution is 0.475. The molecule has 90 valence electrons. The summed E-state index contributed by atoms with van der Waals surface area (Å²) < 4.78 is 0. The molecule has 0 spiro atoms. The van der Waals surface area contributed by atoms with Gasteiger partial charge in [-0.25, -0.2) is 0 Å². The van der Waals surface area contributed by atoms with Gasteiger partial charge in [0.05, 0.1) is 0 Å². The van der Waals surface area contributed by atoms with Crippen LogP contribution in [0, 0.1) is 0 Å². The Balaban J connectivity index is 0.000000292. The zero-order valence-corrected chi connectivity index (χ0v) is 9.71. The SMILES string of the molecule is C=CCc1ccccc1.O.Oc1ccccc1. The molecule has 3 N–H and O–H groups in total. The van der Waals surface area contributed by atoms with Crippen molar-refractivity contribution in [2.24, 2.45) is 0 Å². The lowest BCUT2D eigenvalue weighted by atomic mass is 10.2. The third-order valence-electron chi connectivity index (χ3n) is 1.98. The van der Waals surface area contributed by atoms with E-state index in [1.54, 1.807) is 24.3 Å². The van der Waals surface area contributed by atoms with Crippen LogP contribution in [0.15, 0.2) is 73.3 Å². The van der Waals surface area contributed by atoms with Crippen molar-refractivity contribution >= 4 is 0 Å². The summed E-state index contributed by atoms with van der Waals surface area (Å²) in [5, 5.41) is 8.63. The van der Waals surface area contributed by atoms with Gasteiger partial charge in [0.15, 0.2) is 0 Å². The molecule has 0 aliphatic heterocycles. The monoisotopic (exact) mass is 230 g/mol. The van der Waals surface area contributed by atoms with E-state index in [2.05, 4.69) is 18.7 Å². The quantitative estimate of drug-likeness (QED) is 0.792. The minimum atomic E-state index is 0. The van der Waals surface area contributed by atoms with E-state index in [0.717, 1.165) is 6.42 Å². The first kappa shape index (κ1) is 14.9. The van der Waals surface area contributed by atoms with Gasteiger partial charge in [0, 0.05) is 0 Å². The van der Waals surface area contributed by atoms with Gasteiger partial charge < -0.3 is 10.6 Å². The third-order valence-corrected chi connectivity index (χ3v) is 1.98. The molecule has 0 saturated heterocycles. The number of para-hydroxylation sites is 1. The Kier molecular flexibility index (Phi) is 8.07. The Bertz CT molecular complexity index is 396. The van der Waals surface area contributed by atoms with Crippen molar-refractivity contribution in [3.63, 3.8) is 0 Å². The highest BCUT2D eigenvalue weighted by Crippen LogP contribution is 2.02. The lowest BCUT2D eigenvalue weighted by Gasteiger charge is -1.91. The van der Waals surface area contributed by atoms with Crippen LogP contribution in [-0.2, 0) is 6.42 Å². The maximum Gasteiger partial charge on any atom is 0.115 e. The van der Waals surface area contributed by atoms with Crippen LogP contribution < -0.4 is 0 Å². The van der Waals surface area contributed by atoms with Crippen LogP contribution in [0.1, 0.15) is 5.56 Å². The number of hydrogen-bond acceptors (Lipinski definition) is 1. The van der Waals surface area contributed by atoms with Gasteiger partial charge >= 0.3 is 0 Å². The highest BCUT2D eigenvalue weighted by atomic mass is 16.3. The number of aromatic hydroxyl groups is 1. The average Bonchev–Trinajstić information content (AvgIpc) is 2.33. The summed E-state index contributed by atoms with van der Waals surface area (Å²) in [5.41, 5.74) is 1.33. The first-order valence-electron chi connectivity index (χ1n) is 5.22. The maximum absolute atomic E-state index is 8.63. The average molecular weight is 230 g/mol. The van der Waals surface area contributed by atoms with E-state index in [4.69, 9.17) is 5.11 Å². The van der Waals surface area contributed by atoms with Gasteiger partial charge in [-0.3, -0.25) is 0 Å². The zero-order valence-electron chi connectivity index (χ0n) is 9.71. The number of hydrogen-bond donors (Lipinski definition) is 1. The molecule has 0 saturated carbocycles. The second kappa shape index (κ2) is 9.19. The third kappa shape index (κ3) is 6.93. The number of allylic oxidation sites excluding steroid dienone is 1. The van der Waals surface area contributed by atoms with E-state index in [1.165, 1.54) is 5.56 Å².